The van der Waals surface area contributed by atoms with E-state index < -0.39 is 191 Å². The van der Waals surface area contributed by atoms with Crippen LogP contribution in [0.3, 0.4) is 0 Å². The molecule has 0 fully saturated rings. The Morgan fingerprint density at radius 1 is 0.289 bits per heavy atom. The van der Waals surface area contributed by atoms with Gasteiger partial charge in [0.15, 0.2) is 0 Å². The molecule has 0 aromatic rings. The Bertz CT molecular complexity index is 3650. The highest BCUT2D eigenvalue weighted by atomic mass is 32.3. The molecule has 810 valence electrons. The highest BCUT2D eigenvalue weighted by Gasteiger charge is 2.20. The molecule has 0 N–H and O–H groups in total. The fourth-order valence-electron chi connectivity index (χ4n) is 6.09. The van der Waals surface area contributed by atoms with Crippen LogP contribution >= 0.6 is 0 Å². The summed E-state index contributed by atoms with van der Waals surface area (Å²) in [5.74, 6) is 1.18. The maximum Gasteiger partial charge on any atom is 0.399 e. The molecular formula is C87H200O28S7Si13. The Labute approximate surface area is 853 Å². The average Bonchev–Trinajstić information content (AvgIpc) is 0.900. The van der Waals surface area contributed by atoms with Crippen molar-refractivity contribution < 1.29 is 121 Å². The van der Waals surface area contributed by atoms with Gasteiger partial charge in [-0.15, -0.1) is 160 Å². The largest absolute Gasteiger partial charge is 0.399 e. The molecule has 28 nitrogen and oxygen atoms in total. The first-order chi connectivity index (χ1) is 62.3. The maximum atomic E-state index is 11.2. The fraction of sp³-hybridized carbons (Fsp3) is 0.701. The summed E-state index contributed by atoms with van der Waals surface area (Å²) >= 11 is 0. The van der Waals surface area contributed by atoms with Gasteiger partial charge in [-0.1, -0.05) is 153 Å². The molecule has 0 aromatic carbocycles. The lowest BCUT2D eigenvalue weighted by molar-refractivity contribution is 0.114. The second kappa shape index (κ2) is 108. The Morgan fingerprint density at radius 3 is 0.852 bits per heavy atom. The first-order valence-corrected chi connectivity index (χ1v) is 91.8. The minimum absolute atomic E-state index is 0.0469. The summed E-state index contributed by atoms with van der Waals surface area (Å²) in [6.07, 6.45) is 15.0. The third-order valence-corrected chi connectivity index (χ3v) is 46.1. The molecular weight excluding hydrogens is 2080 g/mol. The molecule has 0 aliphatic heterocycles. The molecule has 13 atom stereocenters. The minimum atomic E-state index is -3.74. The van der Waals surface area contributed by atoms with Gasteiger partial charge in [0.25, 0.3) is 60.7 Å². The van der Waals surface area contributed by atoms with Gasteiger partial charge >= 0.3 is 10.4 Å². The van der Waals surface area contributed by atoms with Gasteiger partial charge in [-0.2, -0.15) is 58.9 Å². The van der Waals surface area contributed by atoms with Crippen LogP contribution < -0.4 is 0 Å². The molecule has 0 bridgehead atoms. The Hall–Kier alpha value is -1.47. The predicted molar refractivity (Wildman–Crippen MR) is 621 cm³/mol. The lowest BCUT2D eigenvalue weighted by Crippen LogP contribution is -2.23. The SMILES string of the molecule is C=C[SiH](C)COC.C=C[SiH](C)COC(C)C.C=C[SiH](C)COCC.C=C[SiH](C)COCC(C)C.C=C[SiH](C)COCCC.C=C[SiH](C)COCCCC.C=C[SiH](C)COS(=O)(=O)C(C)C.C=C[SiH](C)COS(=O)(=O)CC.C=C[SiH](C)COS(=O)(=O)CC(C)C.C=C[SiH](C)COS(=O)(=O)CCC.C=C[SiH](C)COS(=O)(=O)CCCC.C=C[SiH](C)COS(=O)(=O)OC.C=C[SiH](C)COS(C)(=O)=O. The lowest BCUT2D eigenvalue weighted by Gasteiger charge is -2.09. The van der Waals surface area contributed by atoms with Crippen LogP contribution in [0.5, 0.6) is 0 Å². The standard InChI is InChI=1S/2C8H18O3SSi.2C8H18OSi.2C7H16O3SSi.2C7H16OSi.C6H14O3SSi.C6H14OSi.C5H12O4SSi.C5H12O3SSi.C5H12OSi/c1-5-13(4)7-11-12(9,10)6-8(2)3;1-4-6-7-12(9,10)11-8-13(3)5-2;1-5-10(4)7-9-6-8(2)3;1-4-6-7-9-8-10(3)5-2;1-5-12(4)6-10-11(8,9)7(2)3;1-4-6-11(8,9)10-7-12(3)5-2;1-5-9(4)6-8-7(2)3;1-4-6-8-7-9(3)5-2;1-4-10(7,8)9-6-11(3)5-2;1-4-7-6-8(3)5-2;1-4-11(3)5-9-10(6,7)8-2;1-4-10(3)5-8-9(2,6)7;1-4-7(3)5-6-2/h5,8,13H,1,6-7H2,2-4H3;5,13H,2,4,6-8H2,1,3H3;5,8,10H,1,6-7H2,2-4H3;5,10H,2,4,6-8H2,1,3H3;5,7,12H,1,6H2,2-4H3;5,12H,2,4,6-7H2,1,3H3;5,7,9H,1,6H2,2-4H3;5,9H,2,4,6-7H2,1,3H3;5,11H,2,4,6H2,1,3H3;5,8H,2,4,6H2,1,3H3;4,11H,1,5H2,2-3H3;4,10H,1,5H2,2-3H3;4,7H,1,5H2,2-3H3. The summed E-state index contributed by atoms with van der Waals surface area (Å²) in [5, 5.41) is -0.455. The zero-order valence-electron chi connectivity index (χ0n) is 89.9. The summed E-state index contributed by atoms with van der Waals surface area (Å²) in [6, 6.07) is 0. The second-order valence-corrected chi connectivity index (χ2v) is 81.6. The number of rotatable bonds is 65. The Balaban J connectivity index is -0.000000109. The van der Waals surface area contributed by atoms with Gasteiger partial charge in [0.05, 0.1) is 206 Å². The third-order valence-electron chi connectivity index (χ3n) is 16.0. The monoisotopic (exact) mass is 2280 g/mol. The first-order valence-electron chi connectivity index (χ1n) is 46.6. The van der Waals surface area contributed by atoms with Crippen molar-refractivity contribution in [2.75, 3.05) is 151 Å². The molecule has 0 amide bonds. The van der Waals surface area contributed by atoms with Gasteiger partial charge in [-0.25, -0.2) is 0 Å². The topological polar surface area (TPSA) is 368 Å². The maximum absolute atomic E-state index is 11.2. The van der Waals surface area contributed by atoms with E-state index in [1.807, 2.05) is 115 Å². The van der Waals surface area contributed by atoms with Crippen molar-refractivity contribution in [3.8, 4) is 0 Å². The van der Waals surface area contributed by atoms with Gasteiger partial charge in [-0.3, -0.25) is 33.5 Å². The van der Waals surface area contributed by atoms with E-state index >= 15 is 0 Å². The number of hydrogen-bond acceptors (Lipinski definition) is 28. The van der Waals surface area contributed by atoms with E-state index in [4.69, 9.17) is 49.3 Å². The highest BCUT2D eigenvalue weighted by molar-refractivity contribution is 7.88. The van der Waals surface area contributed by atoms with E-state index in [0.717, 1.165) is 90.0 Å². The van der Waals surface area contributed by atoms with Crippen LogP contribution in [0.4, 0.5) is 0 Å². The number of hydrogen-bond donors (Lipinski definition) is 0. The number of unbranched alkanes of at least 4 members (excludes halogenated alkanes) is 2. The molecule has 0 saturated carbocycles. The van der Waals surface area contributed by atoms with E-state index in [-0.39, 0.29) is 35.2 Å². The molecule has 0 heterocycles. The summed E-state index contributed by atoms with van der Waals surface area (Å²) in [6.45, 7) is 105. The Kier molecular flexibility index (Phi) is 129. The molecule has 0 aliphatic rings. The van der Waals surface area contributed by atoms with Gasteiger partial charge in [0.2, 0.25) is 0 Å². The van der Waals surface area contributed by atoms with Crippen LogP contribution in [0.2, 0.25) is 85.1 Å². The minimum Gasteiger partial charge on any atom is -0.388 e. The molecule has 0 aliphatic carbocycles. The van der Waals surface area contributed by atoms with Crippen molar-refractivity contribution in [3.05, 3.63) is 160 Å². The van der Waals surface area contributed by atoms with Crippen molar-refractivity contribution in [2.24, 2.45) is 11.8 Å². The summed E-state index contributed by atoms with van der Waals surface area (Å²) in [5.41, 5.74) is 24.8. The molecule has 48 heteroatoms. The number of methoxy groups -OCH3 is 1. The van der Waals surface area contributed by atoms with Crippen molar-refractivity contribution in [1.29, 1.82) is 0 Å². The van der Waals surface area contributed by atoms with E-state index in [9.17, 15) is 58.9 Å². The average molecular weight is 2280 g/mol. The van der Waals surface area contributed by atoms with Gasteiger partial charge in [0, 0.05) is 70.9 Å². The fourth-order valence-corrected chi connectivity index (χ4v) is 25.8. The normalized spacial score (nSPS) is 14.0. The van der Waals surface area contributed by atoms with E-state index in [2.05, 4.69) is 196 Å². The summed E-state index contributed by atoms with van der Waals surface area (Å²) in [4.78, 5) is 0. The molecule has 0 rings (SSSR count). The molecule has 135 heavy (non-hydrogen) atoms. The third kappa shape index (κ3) is 153. The quantitative estimate of drug-likeness (QED) is 0.0310. The summed E-state index contributed by atoms with van der Waals surface area (Å²) in [7, 11) is -32.7. The Morgan fingerprint density at radius 2 is 0.578 bits per heavy atom. The first kappa shape index (κ1) is 161. The van der Waals surface area contributed by atoms with Crippen molar-refractivity contribution in [1.82, 2.24) is 0 Å². The summed E-state index contributed by atoms with van der Waals surface area (Å²) < 4.78 is 221. The number of ether oxygens (including phenoxy) is 6. The predicted octanol–water partition coefficient (Wildman–Crippen LogP) is 13.3. The molecule has 0 aromatic heterocycles. The highest BCUT2D eigenvalue weighted by Crippen LogP contribution is 2.07. The molecule has 0 spiro atoms. The zero-order chi connectivity index (χ0) is 108. The van der Waals surface area contributed by atoms with E-state index in [1.54, 1.807) is 50.7 Å². The van der Waals surface area contributed by atoms with Crippen LogP contribution in [0.25, 0.3) is 0 Å². The molecule has 13 unspecified atom stereocenters. The van der Waals surface area contributed by atoms with Crippen LogP contribution in [0.15, 0.2) is 160 Å². The van der Waals surface area contributed by atoms with E-state index in [0.29, 0.717) is 62.2 Å². The van der Waals surface area contributed by atoms with Gasteiger partial charge in [0.1, 0.15) is 0 Å². The molecule has 0 saturated heterocycles. The van der Waals surface area contributed by atoms with Crippen LogP contribution in [0, 0.1) is 11.8 Å². The molecule has 0 radical (unpaired) electrons. The van der Waals surface area contributed by atoms with Crippen molar-refractivity contribution in [3.63, 3.8) is 0 Å². The smallest absolute Gasteiger partial charge is 0.388 e. The van der Waals surface area contributed by atoms with Gasteiger partial charge < -0.3 is 28.4 Å². The zero-order valence-corrected chi connectivity index (χ0v) is 111. The van der Waals surface area contributed by atoms with Gasteiger partial charge in [-0.05, 0) is 79.1 Å². The van der Waals surface area contributed by atoms with Crippen LogP contribution in [-0.4, -0.2) is 336 Å². The second-order valence-electron chi connectivity index (χ2n) is 33.4. The van der Waals surface area contributed by atoms with E-state index in [1.165, 1.54) is 12.8 Å². The van der Waals surface area contributed by atoms with Crippen molar-refractivity contribution >= 4 is 185 Å². The van der Waals surface area contributed by atoms with Crippen LogP contribution in [0.1, 0.15) is 135 Å². The lowest BCUT2D eigenvalue weighted by atomic mass is 10.2. The van der Waals surface area contributed by atoms with Crippen molar-refractivity contribution in [2.45, 2.75) is 232 Å². The van der Waals surface area contributed by atoms with Crippen LogP contribution in [-0.2, 0) is 133 Å².